The first-order valence-corrected chi connectivity index (χ1v) is 5.18. The SMILES string of the molecule is NC(CNCc1ccc2ncoc2c1)C(=O)O. The summed E-state index contributed by atoms with van der Waals surface area (Å²) in [6.45, 7) is 0.765. The van der Waals surface area contributed by atoms with Gasteiger partial charge in [0.2, 0.25) is 0 Å². The highest BCUT2D eigenvalue weighted by Crippen LogP contribution is 2.13. The molecule has 0 aliphatic rings. The van der Waals surface area contributed by atoms with Gasteiger partial charge in [0.1, 0.15) is 11.6 Å². The van der Waals surface area contributed by atoms with Gasteiger partial charge >= 0.3 is 5.97 Å². The first kappa shape index (κ1) is 11.6. The molecular formula is C11H13N3O3. The van der Waals surface area contributed by atoms with Crippen molar-refractivity contribution in [3.63, 3.8) is 0 Å². The number of nitrogens with two attached hydrogens (primary N) is 1. The molecule has 0 fully saturated rings. The molecule has 6 heteroatoms. The first-order valence-electron chi connectivity index (χ1n) is 5.18. The molecule has 4 N–H and O–H groups in total. The molecule has 1 aromatic heterocycles. The molecule has 1 aromatic carbocycles. The molecule has 0 radical (unpaired) electrons. The number of benzene rings is 1. The molecule has 2 rings (SSSR count). The molecule has 17 heavy (non-hydrogen) atoms. The van der Waals surface area contributed by atoms with Gasteiger partial charge in [-0.25, -0.2) is 4.98 Å². The fourth-order valence-electron chi connectivity index (χ4n) is 1.47. The zero-order valence-corrected chi connectivity index (χ0v) is 9.09. The molecule has 1 heterocycles. The Labute approximate surface area is 97.4 Å². The number of oxazole rings is 1. The quantitative estimate of drug-likeness (QED) is 0.690. The Hall–Kier alpha value is -1.92. The van der Waals surface area contributed by atoms with Crippen molar-refractivity contribution in [1.82, 2.24) is 10.3 Å². The summed E-state index contributed by atoms with van der Waals surface area (Å²) < 4.78 is 5.17. The highest BCUT2D eigenvalue weighted by molar-refractivity contribution is 5.73. The van der Waals surface area contributed by atoms with Crippen LogP contribution in [0.25, 0.3) is 11.1 Å². The average Bonchev–Trinajstić information content (AvgIpc) is 2.75. The number of rotatable bonds is 5. The van der Waals surface area contributed by atoms with E-state index in [0.29, 0.717) is 12.1 Å². The molecule has 0 saturated heterocycles. The van der Waals surface area contributed by atoms with Gasteiger partial charge in [0.15, 0.2) is 12.0 Å². The summed E-state index contributed by atoms with van der Waals surface area (Å²) in [7, 11) is 0. The Morgan fingerprint density at radius 2 is 2.41 bits per heavy atom. The first-order chi connectivity index (χ1) is 8.16. The van der Waals surface area contributed by atoms with Crippen LogP contribution in [0.2, 0.25) is 0 Å². The van der Waals surface area contributed by atoms with Crippen molar-refractivity contribution in [3.8, 4) is 0 Å². The van der Waals surface area contributed by atoms with E-state index < -0.39 is 12.0 Å². The van der Waals surface area contributed by atoms with Gasteiger partial charge < -0.3 is 20.6 Å². The second-order valence-electron chi connectivity index (χ2n) is 3.73. The highest BCUT2D eigenvalue weighted by Gasteiger charge is 2.10. The van der Waals surface area contributed by atoms with E-state index >= 15 is 0 Å². The number of carboxylic acids is 1. The predicted octanol–water partition coefficient (Wildman–Crippen LogP) is 0.329. The summed E-state index contributed by atoms with van der Waals surface area (Å²) in [6.07, 6.45) is 1.39. The van der Waals surface area contributed by atoms with Crippen molar-refractivity contribution in [2.75, 3.05) is 6.54 Å². The third-order valence-corrected chi connectivity index (χ3v) is 2.41. The maximum absolute atomic E-state index is 10.5. The largest absolute Gasteiger partial charge is 0.480 e. The summed E-state index contributed by atoms with van der Waals surface area (Å²) in [6, 6.07) is 4.74. The van der Waals surface area contributed by atoms with Gasteiger partial charge in [-0.15, -0.1) is 0 Å². The lowest BCUT2D eigenvalue weighted by atomic mass is 10.2. The lowest BCUT2D eigenvalue weighted by molar-refractivity contribution is -0.138. The third kappa shape index (κ3) is 2.80. The number of carboxylic acid groups (broad SMARTS) is 1. The minimum absolute atomic E-state index is 0.226. The monoisotopic (exact) mass is 235 g/mol. The highest BCUT2D eigenvalue weighted by atomic mass is 16.4. The summed E-state index contributed by atoms with van der Waals surface area (Å²) in [4.78, 5) is 14.5. The average molecular weight is 235 g/mol. The van der Waals surface area contributed by atoms with Crippen LogP contribution in [0.4, 0.5) is 0 Å². The number of hydrogen-bond donors (Lipinski definition) is 3. The van der Waals surface area contributed by atoms with E-state index in [-0.39, 0.29) is 6.54 Å². The maximum Gasteiger partial charge on any atom is 0.321 e. The van der Waals surface area contributed by atoms with Crippen molar-refractivity contribution in [3.05, 3.63) is 30.2 Å². The van der Waals surface area contributed by atoms with E-state index in [1.54, 1.807) is 0 Å². The maximum atomic E-state index is 10.5. The molecule has 0 aliphatic heterocycles. The fraction of sp³-hybridized carbons (Fsp3) is 0.273. The number of nitrogens with zero attached hydrogens (tertiary/aromatic N) is 1. The van der Waals surface area contributed by atoms with Gasteiger partial charge in [0, 0.05) is 13.1 Å². The van der Waals surface area contributed by atoms with E-state index in [1.165, 1.54) is 6.39 Å². The Morgan fingerprint density at radius 1 is 1.59 bits per heavy atom. The number of aromatic nitrogens is 1. The number of hydrogen-bond acceptors (Lipinski definition) is 5. The number of fused-ring (bicyclic) bond motifs is 1. The van der Waals surface area contributed by atoms with Crippen LogP contribution in [0.5, 0.6) is 0 Å². The van der Waals surface area contributed by atoms with Crippen LogP contribution >= 0.6 is 0 Å². The second-order valence-corrected chi connectivity index (χ2v) is 3.73. The molecule has 1 unspecified atom stereocenters. The molecule has 0 saturated carbocycles. The summed E-state index contributed by atoms with van der Waals surface area (Å²) in [5, 5.41) is 11.6. The van der Waals surface area contributed by atoms with Crippen LogP contribution in [0.1, 0.15) is 5.56 Å². The van der Waals surface area contributed by atoms with Gasteiger partial charge in [0.05, 0.1) is 0 Å². The number of nitrogens with one attached hydrogen (secondary N) is 1. The zero-order valence-electron chi connectivity index (χ0n) is 9.09. The van der Waals surface area contributed by atoms with Crippen LogP contribution < -0.4 is 11.1 Å². The number of carbonyl (C=O) groups is 1. The van der Waals surface area contributed by atoms with Crippen LogP contribution in [-0.4, -0.2) is 28.6 Å². The Balaban J connectivity index is 1.92. The smallest absolute Gasteiger partial charge is 0.321 e. The van der Waals surface area contributed by atoms with Crippen LogP contribution in [-0.2, 0) is 11.3 Å². The second kappa shape index (κ2) is 4.94. The normalized spacial score (nSPS) is 12.8. The van der Waals surface area contributed by atoms with Gasteiger partial charge in [0.25, 0.3) is 0 Å². The van der Waals surface area contributed by atoms with Gasteiger partial charge in [-0.05, 0) is 17.7 Å². The molecule has 90 valence electrons. The summed E-state index contributed by atoms with van der Waals surface area (Å²) in [5.74, 6) is -1.01. The van der Waals surface area contributed by atoms with Crippen molar-refractivity contribution in [2.45, 2.75) is 12.6 Å². The fourth-order valence-corrected chi connectivity index (χ4v) is 1.47. The molecule has 2 aromatic rings. The van der Waals surface area contributed by atoms with Crippen molar-refractivity contribution in [1.29, 1.82) is 0 Å². The molecular weight excluding hydrogens is 222 g/mol. The summed E-state index contributed by atoms with van der Waals surface area (Å²) >= 11 is 0. The predicted molar refractivity (Wildman–Crippen MR) is 61.3 cm³/mol. The van der Waals surface area contributed by atoms with E-state index in [2.05, 4.69) is 10.3 Å². The van der Waals surface area contributed by atoms with Crippen molar-refractivity contribution >= 4 is 17.1 Å². The van der Waals surface area contributed by atoms with E-state index in [9.17, 15) is 4.79 Å². The lowest BCUT2D eigenvalue weighted by Crippen LogP contribution is -2.40. The molecule has 0 bridgehead atoms. The number of aliphatic carboxylic acids is 1. The lowest BCUT2D eigenvalue weighted by Gasteiger charge is -2.08. The van der Waals surface area contributed by atoms with Crippen molar-refractivity contribution < 1.29 is 14.3 Å². The van der Waals surface area contributed by atoms with Crippen molar-refractivity contribution in [2.24, 2.45) is 5.73 Å². The Morgan fingerprint density at radius 3 is 3.18 bits per heavy atom. The van der Waals surface area contributed by atoms with E-state index in [0.717, 1.165) is 11.1 Å². The third-order valence-electron chi connectivity index (χ3n) is 2.41. The summed E-state index contributed by atoms with van der Waals surface area (Å²) in [5.41, 5.74) is 7.87. The molecule has 0 spiro atoms. The minimum Gasteiger partial charge on any atom is -0.480 e. The standard InChI is InChI=1S/C11H13N3O3/c12-8(11(15)16)5-13-4-7-1-2-9-10(3-7)17-6-14-9/h1-3,6,8,13H,4-5,12H2,(H,15,16). The Kier molecular flexibility index (Phi) is 3.36. The molecule has 1 atom stereocenters. The van der Waals surface area contributed by atoms with Gasteiger partial charge in [-0.1, -0.05) is 6.07 Å². The topological polar surface area (TPSA) is 101 Å². The molecule has 0 aliphatic carbocycles. The van der Waals surface area contributed by atoms with Crippen LogP contribution in [0.3, 0.4) is 0 Å². The van der Waals surface area contributed by atoms with E-state index in [1.807, 2.05) is 18.2 Å². The van der Waals surface area contributed by atoms with Crippen LogP contribution in [0.15, 0.2) is 29.0 Å². The van der Waals surface area contributed by atoms with Crippen LogP contribution in [0, 0.1) is 0 Å². The minimum atomic E-state index is -1.01. The van der Waals surface area contributed by atoms with E-state index in [4.69, 9.17) is 15.3 Å². The van der Waals surface area contributed by atoms with Gasteiger partial charge in [-0.2, -0.15) is 0 Å². The molecule has 6 nitrogen and oxygen atoms in total. The molecule has 0 amide bonds. The zero-order chi connectivity index (χ0) is 12.3. The van der Waals surface area contributed by atoms with Gasteiger partial charge in [-0.3, -0.25) is 4.79 Å². The Bertz CT molecular complexity index is 523.